The van der Waals surface area contributed by atoms with Gasteiger partial charge in [0.25, 0.3) is 5.91 Å². The SMILES string of the molecule is COCCn1ccc2cc(NC(=O)c3ccc[nH]3)ccc21. The monoisotopic (exact) mass is 283 g/mol. The second kappa shape index (κ2) is 5.85. The molecule has 0 spiro atoms. The minimum Gasteiger partial charge on any atom is -0.383 e. The summed E-state index contributed by atoms with van der Waals surface area (Å²) in [6.45, 7) is 1.49. The van der Waals surface area contributed by atoms with Crippen LogP contribution in [0.4, 0.5) is 5.69 Å². The lowest BCUT2D eigenvalue weighted by Crippen LogP contribution is -2.12. The Kier molecular flexibility index (Phi) is 3.75. The third-order valence-electron chi connectivity index (χ3n) is 3.41. The van der Waals surface area contributed by atoms with Gasteiger partial charge in [0, 0.05) is 42.6 Å². The predicted octanol–water partition coefficient (Wildman–Crippen LogP) is 2.87. The number of anilines is 1. The number of H-pyrrole nitrogens is 1. The Morgan fingerprint density at radius 2 is 2.24 bits per heavy atom. The van der Waals surface area contributed by atoms with E-state index in [-0.39, 0.29) is 5.91 Å². The van der Waals surface area contributed by atoms with E-state index in [9.17, 15) is 4.79 Å². The number of carbonyl (C=O) groups is 1. The van der Waals surface area contributed by atoms with Crippen LogP contribution in [0.3, 0.4) is 0 Å². The highest BCUT2D eigenvalue weighted by molar-refractivity contribution is 6.03. The molecule has 2 N–H and O–H groups in total. The number of nitrogens with one attached hydrogen (secondary N) is 2. The predicted molar refractivity (Wildman–Crippen MR) is 82.6 cm³/mol. The van der Waals surface area contributed by atoms with Crippen LogP contribution in [0, 0.1) is 0 Å². The van der Waals surface area contributed by atoms with Crippen LogP contribution in [0.15, 0.2) is 48.8 Å². The number of hydrogen-bond acceptors (Lipinski definition) is 2. The molecule has 3 aromatic rings. The number of rotatable bonds is 5. The quantitative estimate of drug-likeness (QED) is 0.756. The molecule has 0 unspecified atom stereocenters. The van der Waals surface area contributed by atoms with Gasteiger partial charge in [0.2, 0.25) is 0 Å². The van der Waals surface area contributed by atoms with Crippen molar-refractivity contribution in [3.8, 4) is 0 Å². The van der Waals surface area contributed by atoms with Gasteiger partial charge in [0.1, 0.15) is 5.69 Å². The summed E-state index contributed by atoms with van der Waals surface area (Å²) in [5.41, 5.74) is 2.46. The smallest absolute Gasteiger partial charge is 0.272 e. The summed E-state index contributed by atoms with van der Waals surface area (Å²) in [7, 11) is 1.69. The zero-order valence-electron chi connectivity index (χ0n) is 11.8. The molecule has 0 aliphatic rings. The molecular formula is C16H17N3O2. The number of amides is 1. The number of methoxy groups -OCH3 is 1. The van der Waals surface area contributed by atoms with E-state index in [4.69, 9.17) is 4.74 Å². The molecule has 0 bridgehead atoms. The summed E-state index contributed by atoms with van der Waals surface area (Å²) in [5.74, 6) is -0.141. The molecule has 0 saturated carbocycles. The molecule has 0 radical (unpaired) electrons. The third kappa shape index (κ3) is 2.83. The number of ether oxygens (including phenoxy) is 1. The second-order valence-electron chi connectivity index (χ2n) is 4.81. The van der Waals surface area contributed by atoms with E-state index in [1.807, 2.05) is 30.5 Å². The number of carbonyl (C=O) groups excluding carboxylic acids is 1. The Hall–Kier alpha value is -2.53. The summed E-state index contributed by atoms with van der Waals surface area (Å²) in [4.78, 5) is 14.9. The molecule has 5 nitrogen and oxygen atoms in total. The Morgan fingerprint density at radius 1 is 1.33 bits per heavy atom. The molecule has 2 aromatic heterocycles. The summed E-state index contributed by atoms with van der Waals surface area (Å²) < 4.78 is 7.23. The van der Waals surface area contributed by atoms with Gasteiger partial charge in [-0.2, -0.15) is 0 Å². The Balaban J connectivity index is 1.80. The van der Waals surface area contributed by atoms with Gasteiger partial charge >= 0.3 is 0 Å². The minimum absolute atomic E-state index is 0.141. The number of aromatic nitrogens is 2. The van der Waals surface area contributed by atoms with E-state index < -0.39 is 0 Å². The fourth-order valence-electron chi connectivity index (χ4n) is 2.33. The van der Waals surface area contributed by atoms with Gasteiger partial charge in [-0.25, -0.2) is 0 Å². The largest absolute Gasteiger partial charge is 0.383 e. The van der Waals surface area contributed by atoms with Crippen LogP contribution in [-0.2, 0) is 11.3 Å². The lowest BCUT2D eigenvalue weighted by Gasteiger charge is -2.07. The molecule has 21 heavy (non-hydrogen) atoms. The lowest BCUT2D eigenvalue weighted by molar-refractivity contribution is 0.102. The van der Waals surface area contributed by atoms with Gasteiger partial charge < -0.3 is 19.6 Å². The molecule has 5 heteroatoms. The lowest BCUT2D eigenvalue weighted by atomic mass is 10.2. The molecule has 0 atom stereocenters. The highest BCUT2D eigenvalue weighted by Gasteiger charge is 2.07. The van der Waals surface area contributed by atoms with Gasteiger partial charge in [-0.15, -0.1) is 0 Å². The first kappa shape index (κ1) is 13.5. The van der Waals surface area contributed by atoms with Crippen LogP contribution < -0.4 is 5.32 Å². The topological polar surface area (TPSA) is 59.0 Å². The molecule has 3 rings (SSSR count). The average Bonchev–Trinajstić information content (AvgIpc) is 3.14. The van der Waals surface area contributed by atoms with E-state index in [1.165, 1.54) is 0 Å². The number of hydrogen-bond donors (Lipinski definition) is 2. The minimum atomic E-state index is -0.141. The molecule has 108 valence electrons. The number of aromatic amines is 1. The number of nitrogens with zero attached hydrogens (tertiary/aromatic N) is 1. The maximum Gasteiger partial charge on any atom is 0.272 e. The number of benzene rings is 1. The van der Waals surface area contributed by atoms with Crippen molar-refractivity contribution in [2.75, 3.05) is 19.0 Å². The Morgan fingerprint density at radius 3 is 3.00 bits per heavy atom. The molecule has 0 fully saturated rings. The second-order valence-corrected chi connectivity index (χ2v) is 4.81. The van der Waals surface area contributed by atoms with Crippen molar-refractivity contribution in [1.29, 1.82) is 0 Å². The fourth-order valence-corrected chi connectivity index (χ4v) is 2.33. The number of fused-ring (bicyclic) bond motifs is 1. The molecule has 1 aromatic carbocycles. The first-order valence-electron chi connectivity index (χ1n) is 6.80. The zero-order valence-corrected chi connectivity index (χ0v) is 11.8. The average molecular weight is 283 g/mol. The van der Waals surface area contributed by atoms with Crippen LogP contribution in [0.5, 0.6) is 0 Å². The van der Waals surface area contributed by atoms with Crippen molar-refractivity contribution >= 4 is 22.5 Å². The molecule has 2 heterocycles. The van der Waals surface area contributed by atoms with Gasteiger partial charge in [-0.05, 0) is 36.4 Å². The van der Waals surface area contributed by atoms with Crippen LogP contribution in [-0.4, -0.2) is 29.2 Å². The zero-order chi connectivity index (χ0) is 14.7. The summed E-state index contributed by atoms with van der Waals surface area (Å²) >= 11 is 0. The first-order valence-corrected chi connectivity index (χ1v) is 6.80. The normalized spacial score (nSPS) is 10.9. The maximum atomic E-state index is 12.0. The van der Waals surface area contributed by atoms with Crippen molar-refractivity contribution in [1.82, 2.24) is 9.55 Å². The van der Waals surface area contributed by atoms with Crippen molar-refractivity contribution in [3.63, 3.8) is 0 Å². The third-order valence-corrected chi connectivity index (χ3v) is 3.41. The van der Waals surface area contributed by atoms with Crippen LogP contribution in [0.1, 0.15) is 10.5 Å². The van der Waals surface area contributed by atoms with Crippen LogP contribution in [0.25, 0.3) is 10.9 Å². The van der Waals surface area contributed by atoms with Crippen molar-refractivity contribution in [2.24, 2.45) is 0 Å². The molecule has 1 amide bonds. The highest BCUT2D eigenvalue weighted by atomic mass is 16.5. The van der Waals surface area contributed by atoms with Gasteiger partial charge in [-0.1, -0.05) is 0 Å². The van der Waals surface area contributed by atoms with Gasteiger partial charge in [0.05, 0.1) is 6.61 Å². The van der Waals surface area contributed by atoms with E-state index in [1.54, 1.807) is 25.4 Å². The van der Waals surface area contributed by atoms with E-state index in [0.717, 1.165) is 23.1 Å². The highest BCUT2D eigenvalue weighted by Crippen LogP contribution is 2.21. The first-order chi connectivity index (χ1) is 10.3. The summed E-state index contributed by atoms with van der Waals surface area (Å²) in [6.07, 6.45) is 3.76. The summed E-state index contributed by atoms with van der Waals surface area (Å²) in [5, 5.41) is 3.98. The van der Waals surface area contributed by atoms with Gasteiger partial charge in [0.15, 0.2) is 0 Å². The van der Waals surface area contributed by atoms with E-state index in [2.05, 4.69) is 14.9 Å². The fraction of sp³-hybridized carbons (Fsp3) is 0.188. The molecular weight excluding hydrogens is 266 g/mol. The Bertz CT molecular complexity index is 744. The van der Waals surface area contributed by atoms with Crippen LogP contribution >= 0.6 is 0 Å². The van der Waals surface area contributed by atoms with Crippen molar-refractivity contribution in [3.05, 3.63) is 54.5 Å². The molecule has 0 saturated heterocycles. The maximum absolute atomic E-state index is 12.0. The Labute approximate surface area is 122 Å². The van der Waals surface area contributed by atoms with E-state index >= 15 is 0 Å². The summed E-state index contributed by atoms with van der Waals surface area (Å²) in [6, 6.07) is 11.5. The van der Waals surface area contributed by atoms with Gasteiger partial charge in [-0.3, -0.25) is 4.79 Å². The van der Waals surface area contributed by atoms with E-state index in [0.29, 0.717) is 12.3 Å². The molecule has 0 aliphatic carbocycles. The van der Waals surface area contributed by atoms with Crippen molar-refractivity contribution in [2.45, 2.75) is 6.54 Å². The standard InChI is InChI=1S/C16H17N3O2/c1-21-10-9-19-8-6-12-11-13(4-5-15(12)19)18-16(20)14-3-2-7-17-14/h2-8,11,17H,9-10H2,1H3,(H,18,20). The van der Waals surface area contributed by atoms with Crippen LogP contribution in [0.2, 0.25) is 0 Å². The van der Waals surface area contributed by atoms with Crippen molar-refractivity contribution < 1.29 is 9.53 Å². The molecule has 0 aliphatic heterocycles.